The number of halogens is 1. The van der Waals surface area contributed by atoms with Gasteiger partial charge < -0.3 is 21.5 Å². The molecule has 2 aromatic rings. The van der Waals surface area contributed by atoms with Gasteiger partial charge in [0.1, 0.15) is 6.04 Å². The van der Waals surface area contributed by atoms with Gasteiger partial charge in [0.2, 0.25) is 5.91 Å². The van der Waals surface area contributed by atoms with E-state index in [1.54, 1.807) is 12.1 Å². The number of nitrogens with one attached hydrogen (secondary N) is 2. The minimum atomic E-state index is -1.25. The van der Waals surface area contributed by atoms with Gasteiger partial charge in [-0.3, -0.25) is 4.79 Å². The summed E-state index contributed by atoms with van der Waals surface area (Å²) >= 11 is 2.11. The number of amides is 2. The predicted molar refractivity (Wildman–Crippen MR) is 97.3 cm³/mol. The van der Waals surface area contributed by atoms with Crippen molar-refractivity contribution in [1.29, 1.82) is 0 Å². The van der Waals surface area contributed by atoms with Gasteiger partial charge in [0, 0.05) is 9.99 Å². The second kappa shape index (κ2) is 7.82. The molecule has 6 nitrogen and oxygen atoms in total. The summed E-state index contributed by atoms with van der Waals surface area (Å²) in [6.45, 7) is 0. The molecule has 23 heavy (non-hydrogen) atoms. The van der Waals surface area contributed by atoms with Crippen molar-refractivity contribution in [1.82, 2.24) is 5.32 Å². The van der Waals surface area contributed by atoms with Gasteiger partial charge in [-0.25, -0.2) is 4.79 Å². The van der Waals surface area contributed by atoms with Gasteiger partial charge in [-0.15, -0.1) is 0 Å². The highest BCUT2D eigenvalue weighted by Gasteiger charge is 2.21. The van der Waals surface area contributed by atoms with E-state index in [1.165, 1.54) is 0 Å². The largest absolute Gasteiger partial charge is 0.465 e. The molecule has 2 amide bonds. The molecule has 0 saturated heterocycles. The van der Waals surface area contributed by atoms with E-state index in [4.69, 9.17) is 10.8 Å². The third-order valence-corrected chi connectivity index (χ3v) is 3.84. The Bertz CT molecular complexity index is 707. The van der Waals surface area contributed by atoms with E-state index >= 15 is 0 Å². The topological polar surface area (TPSA) is 104 Å². The zero-order valence-corrected chi connectivity index (χ0v) is 14.3. The van der Waals surface area contributed by atoms with E-state index in [9.17, 15) is 9.59 Å². The molecule has 1 atom stereocenters. The molecular formula is C16H16IN3O3. The highest BCUT2D eigenvalue weighted by Crippen LogP contribution is 2.21. The van der Waals surface area contributed by atoms with Gasteiger partial charge in [-0.05, 0) is 46.4 Å². The highest BCUT2D eigenvalue weighted by atomic mass is 127. The predicted octanol–water partition coefficient (Wildman–Crippen LogP) is 2.69. The van der Waals surface area contributed by atoms with Gasteiger partial charge in [0.05, 0.1) is 11.4 Å². The van der Waals surface area contributed by atoms with Gasteiger partial charge in [0.25, 0.3) is 0 Å². The van der Waals surface area contributed by atoms with E-state index in [2.05, 4.69) is 33.2 Å². The molecule has 0 unspecified atom stereocenters. The van der Waals surface area contributed by atoms with Crippen LogP contribution < -0.4 is 16.4 Å². The van der Waals surface area contributed by atoms with Crippen LogP contribution in [0.5, 0.6) is 0 Å². The lowest BCUT2D eigenvalue weighted by Gasteiger charge is -2.18. The zero-order chi connectivity index (χ0) is 16.8. The molecule has 0 bridgehead atoms. The summed E-state index contributed by atoms with van der Waals surface area (Å²) in [6.07, 6.45) is -1.00. The Morgan fingerprint density at radius 3 is 2.52 bits per heavy atom. The van der Waals surface area contributed by atoms with Crippen LogP contribution in [0.15, 0.2) is 48.5 Å². The number of carbonyl (C=O) groups excluding carboxylic acids is 1. The summed E-state index contributed by atoms with van der Waals surface area (Å²) in [7, 11) is 0. The number of nitrogens with two attached hydrogens (primary N) is 1. The number of rotatable bonds is 5. The number of carboxylic acid groups (broad SMARTS) is 1. The molecule has 2 aromatic carbocycles. The SMILES string of the molecule is Nc1ccc(I)cc1NC(=O)[C@H](Cc1ccccc1)NC(=O)O. The van der Waals surface area contributed by atoms with Gasteiger partial charge >= 0.3 is 6.09 Å². The first kappa shape index (κ1) is 17.1. The average molecular weight is 425 g/mol. The molecule has 0 spiro atoms. The molecule has 0 heterocycles. The van der Waals surface area contributed by atoms with E-state index in [0.29, 0.717) is 11.4 Å². The number of hydrogen-bond donors (Lipinski definition) is 4. The minimum Gasteiger partial charge on any atom is -0.465 e. The number of benzene rings is 2. The van der Waals surface area contributed by atoms with E-state index in [1.807, 2.05) is 36.4 Å². The molecule has 0 radical (unpaired) electrons. The molecule has 2 rings (SSSR count). The third kappa shape index (κ3) is 5.13. The highest BCUT2D eigenvalue weighted by molar-refractivity contribution is 14.1. The average Bonchev–Trinajstić information content (AvgIpc) is 2.51. The Morgan fingerprint density at radius 1 is 1.17 bits per heavy atom. The number of carbonyl (C=O) groups is 2. The number of hydrogen-bond acceptors (Lipinski definition) is 3. The standard InChI is InChI=1S/C16H16IN3O3/c17-11-6-7-12(18)13(9-11)19-15(21)14(20-16(22)23)8-10-4-2-1-3-5-10/h1-7,9,14,20H,8,18H2,(H,19,21)(H,22,23)/t14-/m0/s1. The normalized spacial score (nSPS) is 11.5. The Labute approximate surface area is 147 Å². The van der Waals surface area contributed by atoms with Crippen LogP contribution in [0.4, 0.5) is 16.2 Å². The fraction of sp³-hybridized carbons (Fsp3) is 0.125. The molecule has 0 saturated carbocycles. The van der Waals surface area contributed by atoms with Crippen molar-refractivity contribution in [3.8, 4) is 0 Å². The monoisotopic (exact) mass is 425 g/mol. The second-order valence-corrected chi connectivity index (χ2v) is 6.16. The van der Waals surface area contributed by atoms with Crippen LogP contribution in [0.25, 0.3) is 0 Å². The molecular weight excluding hydrogens is 409 g/mol. The maximum Gasteiger partial charge on any atom is 0.405 e. The van der Waals surface area contributed by atoms with Crippen LogP contribution in [-0.2, 0) is 11.2 Å². The third-order valence-electron chi connectivity index (χ3n) is 3.17. The molecule has 0 aliphatic rings. The summed E-state index contributed by atoms with van der Waals surface area (Å²) in [5.74, 6) is -0.454. The molecule has 7 heteroatoms. The summed E-state index contributed by atoms with van der Waals surface area (Å²) in [5, 5.41) is 13.9. The van der Waals surface area contributed by atoms with Crippen molar-refractivity contribution in [2.24, 2.45) is 0 Å². The Balaban J connectivity index is 2.16. The first-order valence-corrected chi connectivity index (χ1v) is 7.93. The molecule has 120 valence electrons. The van der Waals surface area contributed by atoms with Crippen molar-refractivity contribution in [3.63, 3.8) is 0 Å². The van der Waals surface area contributed by atoms with Crippen molar-refractivity contribution in [2.75, 3.05) is 11.1 Å². The Hall–Kier alpha value is -2.29. The van der Waals surface area contributed by atoms with E-state index < -0.39 is 18.0 Å². The van der Waals surface area contributed by atoms with Crippen LogP contribution in [0.1, 0.15) is 5.56 Å². The fourth-order valence-electron chi connectivity index (χ4n) is 2.06. The summed E-state index contributed by atoms with van der Waals surface area (Å²) < 4.78 is 0.915. The Morgan fingerprint density at radius 2 is 1.87 bits per heavy atom. The molecule has 0 aliphatic heterocycles. The maximum atomic E-state index is 12.4. The van der Waals surface area contributed by atoms with Crippen LogP contribution in [0, 0.1) is 3.57 Å². The van der Waals surface area contributed by atoms with Gasteiger partial charge in [0.15, 0.2) is 0 Å². The quantitative estimate of drug-likeness (QED) is 0.437. The van der Waals surface area contributed by atoms with Gasteiger partial charge in [-0.2, -0.15) is 0 Å². The summed E-state index contributed by atoms with van der Waals surface area (Å²) in [4.78, 5) is 23.4. The van der Waals surface area contributed by atoms with E-state index in [-0.39, 0.29) is 6.42 Å². The van der Waals surface area contributed by atoms with Crippen molar-refractivity contribution >= 4 is 46.0 Å². The molecule has 5 N–H and O–H groups in total. The van der Waals surface area contributed by atoms with Crippen LogP contribution in [0.2, 0.25) is 0 Å². The number of anilines is 2. The summed E-state index contributed by atoms with van der Waals surface area (Å²) in [6, 6.07) is 13.5. The lowest BCUT2D eigenvalue weighted by Crippen LogP contribution is -2.44. The second-order valence-electron chi connectivity index (χ2n) is 4.91. The smallest absolute Gasteiger partial charge is 0.405 e. The van der Waals surface area contributed by atoms with E-state index in [0.717, 1.165) is 9.13 Å². The zero-order valence-electron chi connectivity index (χ0n) is 12.1. The maximum absolute atomic E-state index is 12.4. The van der Waals surface area contributed by atoms with Gasteiger partial charge in [-0.1, -0.05) is 30.3 Å². The van der Waals surface area contributed by atoms with Crippen molar-refractivity contribution in [3.05, 3.63) is 57.7 Å². The first-order valence-electron chi connectivity index (χ1n) is 6.85. The van der Waals surface area contributed by atoms with Crippen LogP contribution in [-0.4, -0.2) is 23.1 Å². The lowest BCUT2D eigenvalue weighted by molar-refractivity contribution is -0.118. The first-order chi connectivity index (χ1) is 11.0. The minimum absolute atomic E-state index is 0.253. The van der Waals surface area contributed by atoms with Crippen molar-refractivity contribution in [2.45, 2.75) is 12.5 Å². The van der Waals surface area contributed by atoms with Crippen molar-refractivity contribution < 1.29 is 14.7 Å². The number of nitrogen functional groups attached to an aromatic ring is 1. The van der Waals surface area contributed by atoms with Crippen LogP contribution in [0.3, 0.4) is 0 Å². The summed E-state index contributed by atoms with van der Waals surface area (Å²) in [5.41, 5.74) is 7.58. The molecule has 0 fully saturated rings. The lowest BCUT2D eigenvalue weighted by atomic mass is 10.1. The molecule has 0 aliphatic carbocycles. The Kier molecular flexibility index (Phi) is 5.80. The molecule has 0 aromatic heterocycles. The fourth-order valence-corrected chi connectivity index (χ4v) is 2.56. The van der Waals surface area contributed by atoms with Crippen LogP contribution >= 0.6 is 22.6 Å².